The van der Waals surface area contributed by atoms with Crippen LogP contribution in [0.2, 0.25) is 0 Å². The molecule has 1 amide bonds. The van der Waals surface area contributed by atoms with Crippen LogP contribution in [0.1, 0.15) is 35.6 Å². The van der Waals surface area contributed by atoms with Crippen LogP contribution in [0.15, 0.2) is 16.5 Å². The van der Waals surface area contributed by atoms with Crippen molar-refractivity contribution in [2.45, 2.75) is 31.1 Å². The van der Waals surface area contributed by atoms with Crippen LogP contribution in [0.25, 0.3) is 0 Å². The number of rotatable bonds is 4. The average Bonchev–Trinajstić information content (AvgIpc) is 2.87. The van der Waals surface area contributed by atoms with Crippen molar-refractivity contribution in [3.8, 4) is 0 Å². The number of hydrogen-bond acceptors (Lipinski definition) is 4. The summed E-state index contributed by atoms with van der Waals surface area (Å²) in [5.41, 5.74) is 0. The first kappa shape index (κ1) is 14.0. The maximum Gasteiger partial charge on any atom is 0.326 e. The summed E-state index contributed by atoms with van der Waals surface area (Å²) in [7, 11) is 0. The third kappa shape index (κ3) is 3.12. The second-order valence-electron chi connectivity index (χ2n) is 4.55. The average molecular weight is 283 g/mol. The van der Waals surface area contributed by atoms with Gasteiger partial charge < -0.3 is 14.4 Å². The molecule has 5 nitrogen and oxygen atoms in total. The normalized spacial score (nSPS) is 19.4. The lowest BCUT2D eigenvalue weighted by Crippen LogP contribution is -2.47. The molecule has 0 spiro atoms. The Morgan fingerprint density at radius 1 is 1.47 bits per heavy atom. The summed E-state index contributed by atoms with van der Waals surface area (Å²) in [6, 6.07) is 2.67. The molecule has 19 heavy (non-hydrogen) atoms. The van der Waals surface area contributed by atoms with Gasteiger partial charge in [-0.05, 0) is 37.7 Å². The molecule has 1 atom stereocenters. The summed E-state index contributed by atoms with van der Waals surface area (Å²) in [5, 5.41) is 9.17. The molecular weight excluding hydrogens is 266 g/mol. The molecule has 1 saturated heterocycles. The van der Waals surface area contributed by atoms with Gasteiger partial charge in [0, 0.05) is 6.54 Å². The van der Waals surface area contributed by atoms with Crippen molar-refractivity contribution in [2.75, 3.05) is 12.8 Å². The Bertz CT molecular complexity index is 471. The molecule has 1 fully saturated rings. The Morgan fingerprint density at radius 3 is 2.95 bits per heavy atom. The number of hydrogen-bond donors (Lipinski definition) is 1. The minimum absolute atomic E-state index is 0.234. The number of nitrogens with zero attached hydrogens (tertiary/aromatic N) is 1. The summed E-state index contributed by atoms with van der Waals surface area (Å²) in [6.07, 6.45) is 4.15. The van der Waals surface area contributed by atoms with E-state index >= 15 is 0 Å². The van der Waals surface area contributed by atoms with Crippen molar-refractivity contribution in [3.63, 3.8) is 0 Å². The van der Waals surface area contributed by atoms with E-state index in [2.05, 4.69) is 0 Å². The van der Waals surface area contributed by atoms with E-state index in [9.17, 15) is 9.59 Å². The van der Waals surface area contributed by atoms with E-state index < -0.39 is 12.0 Å². The van der Waals surface area contributed by atoms with Crippen molar-refractivity contribution in [2.24, 2.45) is 0 Å². The first-order valence-corrected chi connectivity index (χ1v) is 7.64. The van der Waals surface area contributed by atoms with Crippen molar-refractivity contribution in [1.82, 2.24) is 4.90 Å². The van der Waals surface area contributed by atoms with Gasteiger partial charge >= 0.3 is 5.97 Å². The molecule has 0 aliphatic carbocycles. The monoisotopic (exact) mass is 283 g/mol. The van der Waals surface area contributed by atoms with E-state index in [1.165, 1.54) is 4.90 Å². The van der Waals surface area contributed by atoms with E-state index in [0.717, 1.165) is 18.6 Å². The van der Waals surface area contributed by atoms with Crippen LogP contribution >= 0.6 is 11.8 Å². The minimum atomic E-state index is -0.941. The maximum absolute atomic E-state index is 12.3. The maximum atomic E-state index is 12.3. The van der Waals surface area contributed by atoms with Gasteiger partial charge in [0.15, 0.2) is 5.76 Å². The molecule has 1 aliphatic heterocycles. The lowest BCUT2D eigenvalue weighted by Gasteiger charge is -2.32. The molecule has 0 radical (unpaired) electrons. The van der Waals surface area contributed by atoms with Gasteiger partial charge in [-0.3, -0.25) is 4.79 Å². The van der Waals surface area contributed by atoms with E-state index in [1.807, 2.05) is 6.26 Å². The number of thioether (sulfide) groups is 1. The highest BCUT2D eigenvalue weighted by atomic mass is 32.2. The van der Waals surface area contributed by atoms with Crippen LogP contribution in [-0.4, -0.2) is 40.7 Å². The lowest BCUT2D eigenvalue weighted by molar-refractivity contribution is -0.143. The summed E-state index contributed by atoms with van der Waals surface area (Å²) in [4.78, 5) is 24.9. The summed E-state index contributed by atoms with van der Waals surface area (Å²) >= 11 is 1.61. The first-order chi connectivity index (χ1) is 9.13. The third-order valence-corrected chi connectivity index (χ3v) is 3.78. The van der Waals surface area contributed by atoms with Crippen LogP contribution in [0.4, 0.5) is 0 Å². The van der Waals surface area contributed by atoms with Crippen molar-refractivity contribution in [1.29, 1.82) is 0 Å². The number of carboxylic acids is 1. The van der Waals surface area contributed by atoms with Crippen LogP contribution in [0, 0.1) is 0 Å². The lowest BCUT2D eigenvalue weighted by atomic mass is 10.0. The highest BCUT2D eigenvalue weighted by molar-refractivity contribution is 7.97. The van der Waals surface area contributed by atoms with Gasteiger partial charge in [0.1, 0.15) is 11.8 Å². The number of carbonyl (C=O) groups is 2. The highest BCUT2D eigenvalue weighted by Gasteiger charge is 2.33. The Labute approximate surface area is 116 Å². The Balaban J connectivity index is 2.14. The minimum Gasteiger partial charge on any atom is -0.480 e. The van der Waals surface area contributed by atoms with Crippen molar-refractivity contribution >= 4 is 23.6 Å². The van der Waals surface area contributed by atoms with Crippen molar-refractivity contribution < 1.29 is 19.1 Å². The number of carboxylic acid groups (broad SMARTS) is 1. The number of carbonyl (C=O) groups excluding carboxylic acids is 1. The van der Waals surface area contributed by atoms with Crippen LogP contribution in [0.5, 0.6) is 0 Å². The summed E-state index contributed by atoms with van der Waals surface area (Å²) < 4.78 is 5.46. The molecule has 0 bridgehead atoms. The molecule has 2 rings (SSSR count). The number of aliphatic carboxylic acids is 1. The second kappa shape index (κ2) is 6.14. The molecule has 6 heteroatoms. The molecule has 0 aromatic carbocycles. The second-order valence-corrected chi connectivity index (χ2v) is 5.41. The highest BCUT2D eigenvalue weighted by Crippen LogP contribution is 2.21. The molecule has 1 aliphatic rings. The van der Waals surface area contributed by atoms with Crippen LogP contribution in [-0.2, 0) is 10.5 Å². The Kier molecular flexibility index (Phi) is 4.52. The fourth-order valence-electron chi connectivity index (χ4n) is 2.29. The number of likely N-dealkylation sites (tertiary alicyclic amines) is 1. The fourth-order valence-corrected chi connectivity index (χ4v) is 2.73. The SMILES string of the molecule is CSCc1ccc(C(=O)N2CCCC[C@@H]2C(=O)O)o1. The standard InChI is InChI=1S/C13H17NO4S/c1-19-8-9-5-6-11(18-9)12(15)14-7-3-2-4-10(14)13(16)17/h5-6,10H,2-4,7-8H2,1H3,(H,16,17)/t10-/m1/s1. The molecule has 2 heterocycles. The molecule has 0 saturated carbocycles. The summed E-state index contributed by atoms with van der Waals surface area (Å²) in [5.74, 6) is 0.413. The van der Waals surface area contributed by atoms with Gasteiger partial charge in [0.25, 0.3) is 5.91 Å². The fraction of sp³-hybridized carbons (Fsp3) is 0.538. The molecule has 1 aromatic rings. The Hall–Kier alpha value is -1.43. The zero-order valence-electron chi connectivity index (χ0n) is 10.8. The van der Waals surface area contributed by atoms with Gasteiger partial charge in [-0.2, -0.15) is 11.8 Å². The van der Waals surface area contributed by atoms with Crippen LogP contribution in [0.3, 0.4) is 0 Å². The van der Waals surface area contributed by atoms with E-state index in [-0.39, 0.29) is 11.7 Å². The van der Waals surface area contributed by atoms with Gasteiger partial charge in [-0.1, -0.05) is 0 Å². The van der Waals surface area contributed by atoms with Gasteiger partial charge in [0.05, 0.1) is 5.75 Å². The molecule has 1 aromatic heterocycles. The number of furan rings is 1. The molecular formula is C13H17NO4S. The summed E-state index contributed by atoms with van der Waals surface area (Å²) in [6.45, 7) is 0.481. The van der Waals surface area contributed by atoms with Crippen LogP contribution < -0.4 is 0 Å². The zero-order chi connectivity index (χ0) is 13.8. The Morgan fingerprint density at radius 2 is 2.26 bits per heavy atom. The van der Waals surface area contributed by atoms with E-state index in [0.29, 0.717) is 18.7 Å². The van der Waals surface area contributed by atoms with E-state index in [4.69, 9.17) is 9.52 Å². The van der Waals surface area contributed by atoms with Gasteiger partial charge in [-0.25, -0.2) is 4.79 Å². The quantitative estimate of drug-likeness (QED) is 0.917. The number of amides is 1. The molecule has 0 unspecified atom stereocenters. The van der Waals surface area contributed by atoms with Crippen molar-refractivity contribution in [3.05, 3.63) is 23.7 Å². The topological polar surface area (TPSA) is 70.8 Å². The molecule has 1 N–H and O–H groups in total. The molecule has 104 valence electrons. The zero-order valence-corrected chi connectivity index (χ0v) is 11.6. The van der Waals surface area contributed by atoms with Gasteiger partial charge in [0.2, 0.25) is 0 Å². The smallest absolute Gasteiger partial charge is 0.326 e. The third-order valence-electron chi connectivity index (χ3n) is 3.21. The predicted molar refractivity (Wildman–Crippen MR) is 72.2 cm³/mol. The largest absolute Gasteiger partial charge is 0.480 e. The number of piperidine rings is 1. The van der Waals surface area contributed by atoms with E-state index in [1.54, 1.807) is 23.9 Å². The van der Waals surface area contributed by atoms with Gasteiger partial charge in [-0.15, -0.1) is 0 Å². The first-order valence-electron chi connectivity index (χ1n) is 6.25. The predicted octanol–water partition coefficient (Wildman–Crippen LogP) is 2.22.